The largest absolute Gasteiger partial charge is 0.383 e. The number of anilines is 3. The van der Waals surface area contributed by atoms with E-state index in [2.05, 4.69) is 31.6 Å². The van der Waals surface area contributed by atoms with E-state index in [1.54, 1.807) is 18.1 Å². The van der Waals surface area contributed by atoms with Gasteiger partial charge in [-0.1, -0.05) is 0 Å². The SMILES string of the molecule is COCCNc1cc(NC(=O)N2CCCc3cc(CN4CCN(C5CC5)CC4=O)c(C=O)nc32)ncc1C#N. The van der Waals surface area contributed by atoms with Crippen molar-refractivity contribution >= 4 is 35.5 Å². The predicted octanol–water partition coefficient (Wildman–Crippen LogP) is 2.01. The number of carbonyl (C=O) groups is 3. The maximum atomic E-state index is 13.3. The third-order valence-electron chi connectivity index (χ3n) is 7.29. The van der Waals surface area contributed by atoms with Crippen molar-refractivity contribution in [2.24, 2.45) is 0 Å². The number of aromatic nitrogens is 2. The fraction of sp³-hybridized carbons (Fsp3) is 0.481. The van der Waals surface area contributed by atoms with Gasteiger partial charge in [-0.3, -0.25) is 24.7 Å². The Bertz CT molecular complexity index is 1310. The number of carbonyl (C=O) groups excluding carboxylic acids is 3. The van der Waals surface area contributed by atoms with Gasteiger partial charge >= 0.3 is 6.03 Å². The molecular formula is C27H32N8O4. The van der Waals surface area contributed by atoms with Crippen molar-refractivity contribution < 1.29 is 19.1 Å². The molecule has 1 saturated heterocycles. The molecule has 0 aromatic carbocycles. The van der Waals surface area contributed by atoms with Crippen LogP contribution in [0.5, 0.6) is 0 Å². The summed E-state index contributed by atoms with van der Waals surface area (Å²) < 4.78 is 5.04. The molecule has 2 aromatic heterocycles. The van der Waals surface area contributed by atoms with E-state index >= 15 is 0 Å². The van der Waals surface area contributed by atoms with Crippen LogP contribution in [0.15, 0.2) is 18.3 Å². The van der Waals surface area contributed by atoms with Gasteiger partial charge < -0.3 is 15.0 Å². The van der Waals surface area contributed by atoms with E-state index < -0.39 is 6.03 Å². The standard InChI is InChI=1S/C27H32N8O4/c1-39-10-6-29-22-12-24(30-14-20(22)13-28)32-27(38)35-7-2-3-18-11-19(23(17-36)31-26(18)35)15-34-9-8-33(16-25(34)37)21-4-5-21/h11-12,14,17,21H,2-10,15-16H2,1H3,(H2,29,30,32,38). The third kappa shape index (κ3) is 6.00. The van der Waals surface area contributed by atoms with E-state index in [1.165, 1.54) is 11.1 Å². The van der Waals surface area contributed by atoms with Gasteiger partial charge in [-0.15, -0.1) is 0 Å². The maximum absolute atomic E-state index is 13.3. The van der Waals surface area contributed by atoms with Crippen LogP contribution in [0.3, 0.4) is 0 Å². The molecule has 5 rings (SSSR count). The molecule has 0 unspecified atom stereocenters. The Morgan fingerprint density at radius 3 is 2.85 bits per heavy atom. The summed E-state index contributed by atoms with van der Waals surface area (Å²) in [6, 6.07) is 5.70. The minimum Gasteiger partial charge on any atom is -0.383 e. The number of pyridine rings is 2. The summed E-state index contributed by atoms with van der Waals surface area (Å²) in [4.78, 5) is 52.4. The zero-order valence-electron chi connectivity index (χ0n) is 22.0. The number of nitrogens with zero attached hydrogens (tertiary/aromatic N) is 6. The van der Waals surface area contributed by atoms with Crippen LogP contribution in [0.25, 0.3) is 0 Å². The first-order chi connectivity index (χ1) is 19.0. The highest BCUT2D eigenvalue weighted by Crippen LogP contribution is 2.30. The van der Waals surface area contributed by atoms with Crippen LogP contribution in [0.1, 0.15) is 46.4 Å². The van der Waals surface area contributed by atoms with Crippen molar-refractivity contribution in [2.45, 2.75) is 38.3 Å². The Balaban J connectivity index is 1.31. The normalized spacial score (nSPS) is 17.4. The minimum absolute atomic E-state index is 0.0646. The summed E-state index contributed by atoms with van der Waals surface area (Å²) >= 11 is 0. The lowest BCUT2D eigenvalue weighted by atomic mass is 10.0. The van der Waals surface area contributed by atoms with Gasteiger partial charge in [0.15, 0.2) is 6.29 Å². The monoisotopic (exact) mass is 532 g/mol. The molecule has 3 amide bonds. The molecule has 2 N–H and O–H groups in total. The number of fused-ring (bicyclic) bond motifs is 1. The number of ether oxygens (including phenoxy) is 1. The van der Waals surface area contributed by atoms with Crippen molar-refractivity contribution in [1.29, 1.82) is 5.26 Å². The summed E-state index contributed by atoms with van der Waals surface area (Å²) in [5.74, 6) is 0.776. The number of amides is 3. The van der Waals surface area contributed by atoms with Crippen molar-refractivity contribution in [2.75, 3.05) is 62.0 Å². The first-order valence-electron chi connectivity index (χ1n) is 13.2. The molecule has 2 aromatic rings. The van der Waals surface area contributed by atoms with Crippen LogP contribution in [0.2, 0.25) is 0 Å². The first kappa shape index (κ1) is 26.5. The molecule has 1 aliphatic carbocycles. The van der Waals surface area contributed by atoms with Gasteiger partial charge in [0.2, 0.25) is 5.91 Å². The number of aldehydes is 1. The van der Waals surface area contributed by atoms with E-state index in [0.29, 0.717) is 80.7 Å². The number of hydrogen-bond donors (Lipinski definition) is 2. The number of nitrogens with one attached hydrogen (secondary N) is 2. The van der Waals surface area contributed by atoms with E-state index in [9.17, 15) is 19.6 Å². The zero-order valence-corrected chi connectivity index (χ0v) is 22.0. The van der Waals surface area contributed by atoms with Crippen molar-refractivity contribution in [1.82, 2.24) is 19.8 Å². The lowest BCUT2D eigenvalue weighted by Crippen LogP contribution is -2.50. The van der Waals surface area contributed by atoms with E-state index in [1.807, 2.05) is 6.07 Å². The topological polar surface area (TPSA) is 144 Å². The second-order valence-corrected chi connectivity index (χ2v) is 9.98. The molecular weight excluding hydrogens is 500 g/mol. The number of urea groups is 1. The highest BCUT2D eigenvalue weighted by molar-refractivity contribution is 6.02. The van der Waals surface area contributed by atoms with E-state index in [4.69, 9.17) is 4.74 Å². The average molecular weight is 533 g/mol. The molecule has 204 valence electrons. The molecule has 2 aliphatic heterocycles. The molecule has 1 saturated carbocycles. The number of rotatable bonds is 9. The van der Waals surface area contributed by atoms with Gasteiger partial charge in [0.25, 0.3) is 0 Å². The highest BCUT2D eigenvalue weighted by atomic mass is 16.5. The molecule has 0 spiro atoms. The fourth-order valence-corrected chi connectivity index (χ4v) is 5.06. The smallest absolute Gasteiger partial charge is 0.328 e. The molecule has 0 radical (unpaired) electrons. The Morgan fingerprint density at radius 1 is 1.28 bits per heavy atom. The van der Waals surface area contributed by atoms with Crippen LogP contribution < -0.4 is 15.5 Å². The molecule has 12 nitrogen and oxygen atoms in total. The lowest BCUT2D eigenvalue weighted by Gasteiger charge is -2.35. The number of methoxy groups -OCH3 is 1. The highest BCUT2D eigenvalue weighted by Gasteiger charge is 2.35. The molecule has 2 fully saturated rings. The van der Waals surface area contributed by atoms with Crippen LogP contribution >= 0.6 is 0 Å². The van der Waals surface area contributed by atoms with Crippen LogP contribution in [-0.2, 0) is 22.5 Å². The Hall–Kier alpha value is -4.08. The number of piperazine rings is 1. The lowest BCUT2D eigenvalue weighted by molar-refractivity contribution is -0.136. The first-order valence-corrected chi connectivity index (χ1v) is 13.2. The Labute approximate surface area is 226 Å². The zero-order chi connectivity index (χ0) is 27.4. The van der Waals surface area contributed by atoms with Gasteiger partial charge in [0.05, 0.1) is 24.4 Å². The van der Waals surface area contributed by atoms with Crippen molar-refractivity contribution in [3.8, 4) is 6.07 Å². The summed E-state index contributed by atoms with van der Waals surface area (Å²) in [6.07, 6.45) is 5.85. The average Bonchev–Trinajstić information content (AvgIpc) is 3.79. The van der Waals surface area contributed by atoms with Gasteiger partial charge in [-0.05, 0) is 37.3 Å². The van der Waals surface area contributed by atoms with Gasteiger partial charge in [-0.25, -0.2) is 14.8 Å². The molecule has 12 heteroatoms. The van der Waals surface area contributed by atoms with Crippen molar-refractivity contribution in [3.63, 3.8) is 0 Å². The Kier molecular flexibility index (Phi) is 7.99. The molecule has 39 heavy (non-hydrogen) atoms. The maximum Gasteiger partial charge on any atom is 0.328 e. The predicted molar refractivity (Wildman–Crippen MR) is 144 cm³/mol. The summed E-state index contributed by atoms with van der Waals surface area (Å²) in [5.41, 5.74) is 2.67. The molecule has 0 bridgehead atoms. The number of aryl methyl sites for hydroxylation is 1. The molecule has 3 aliphatic rings. The fourth-order valence-electron chi connectivity index (χ4n) is 5.06. The van der Waals surface area contributed by atoms with Crippen LogP contribution in [0.4, 0.5) is 22.1 Å². The molecule has 0 atom stereocenters. The van der Waals surface area contributed by atoms with Crippen LogP contribution in [-0.4, -0.2) is 90.5 Å². The summed E-state index contributed by atoms with van der Waals surface area (Å²) in [7, 11) is 1.59. The van der Waals surface area contributed by atoms with Crippen LogP contribution in [0, 0.1) is 11.3 Å². The summed E-state index contributed by atoms with van der Waals surface area (Å²) in [6.45, 7) is 3.58. The number of hydrogen-bond acceptors (Lipinski definition) is 9. The second kappa shape index (κ2) is 11.8. The molecule has 4 heterocycles. The van der Waals surface area contributed by atoms with E-state index in [0.717, 1.165) is 31.4 Å². The number of nitriles is 1. The minimum atomic E-state index is -0.431. The van der Waals surface area contributed by atoms with Gasteiger partial charge in [0, 0.05) is 63.7 Å². The quantitative estimate of drug-likeness (QED) is 0.366. The van der Waals surface area contributed by atoms with Gasteiger partial charge in [-0.2, -0.15) is 5.26 Å². The second-order valence-electron chi connectivity index (χ2n) is 9.98. The van der Waals surface area contributed by atoms with Gasteiger partial charge in [0.1, 0.15) is 23.4 Å². The van der Waals surface area contributed by atoms with E-state index in [-0.39, 0.29) is 17.4 Å². The summed E-state index contributed by atoms with van der Waals surface area (Å²) in [5, 5.41) is 15.3. The van der Waals surface area contributed by atoms with Crippen molar-refractivity contribution in [3.05, 3.63) is 40.7 Å². The Morgan fingerprint density at radius 2 is 2.13 bits per heavy atom. The third-order valence-corrected chi connectivity index (χ3v) is 7.29.